The first-order valence-corrected chi connectivity index (χ1v) is 8.71. The third-order valence-corrected chi connectivity index (χ3v) is 5.01. The molecule has 1 atom stereocenters. The van der Waals surface area contributed by atoms with Crippen LogP contribution in [0.2, 0.25) is 0 Å². The molecule has 2 heterocycles. The van der Waals surface area contributed by atoms with E-state index in [-0.39, 0.29) is 17.1 Å². The van der Waals surface area contributed by atoms with Gasteiger partial charge in [0.15, 0.2) is 11.2 Å². The molecule has 9 heteroatoms. The van der Waals surface area contributed by atoms with Crippen LogP contribution in [0.5, 0.6) is 0 Å². The van der Waals surface area contributed by atoms with Gasteiger partial charge in [0.25, 0.3) is 5.56 Å². The smallest absolute Gasteiger partial charge is 0.323 e. The SMILES string of the molecule is Cc1ccc(NC(=O)C(C)n2cnc3c2c(=O)n(C)c(=O)n3C)c(Br)c1. The van der Waals surface area contributed by atoms with Crippen molar-refractivity contribution in [1.82, 2.24) is 18.7 Å². The van der Waals surface area contributed by atoms with Gasteiger partial charge in [-0.05, 0) is 47.5 Å². The summed E-state index contributed by atoms with van der Waals surface area (Å²) in [6.07, 6.45) is 1.40. The summed E-state index contributed by atoms with van der Waals surface area (Å²) in [4.78, 5) is 41.4. The molecule has 1 amide bonds. The summed E-state index contributed by atoms with van der Waals surface area (Å²) >= 11 is 3.43. The van der Waals surface area contributed by atoms with E-state index in [0.29, 0.717) is 5.69 Å². The van der Waals surface area contributed by atoms with Gasteiger partial charge in [-0.25, -0.2) is 9.78 Å². The number of aryl methyl sites for hydroxylation is 2. The molecule has 0 aliphatic heterocycles. The lowest BCUT2D eigenvalue weighted by Gasteiger charge is -2.15. The summed E-state index contributed by atoms with van der Waals surface area (Å²) < 4.78 is 4.54. The number of benzene rings is 1. The lowest BCUT2D eigenvalue weighted by Crippen LogP contribution is -2.38. The van der Waals surface area contributed by atoms with Crippen LogP contribution >= 0.6 is 15.9 Å². The number of nitrogens with zero attached hydrogens (tertiary/aromatic N) is 4. The zero-order chi connectivity index (χ0) is 19.2. The zero-order valence-electron chi connectivity index (χ0n) is 14.8. The highest BCUT2D eigenvalue weighted by Gasteiger charge is 2.22. The average Bonchev–Trinajstić information content (AvgIpc) is 3.04. The third kappa shape index (κ3) is 2.88. The number of nitrogens with one attached hydrogen (secondary N) is 1. The number of aromatic nitrogens is 4. The van der Waals surface area contributed by atoms with Gasteiger partial charge in [-0.3, -0.25) is 18.7 Å². The number of anilines is 1. The van der Waals surface area contributed by atoms with E-state index in [1.165, 1.54) is 29.6 Å². The molecule has 0 aliphatic rings. The summed E-state index contributed by atoms with van der Waals surface area (Å²) in [5, 5.41) is 2.84. The molecule has 1 N–H and O–H groups in total. The van der Waals surface area contributed by atoms with Crippen molar-refractivity contribution in [1.29, 1.82) is 0 Å². The Balaban J connectivity index is 2.02. The number of imidazole rings is 1. The topological polar surface area (TPSA) is 90.9 Å². The van der Waals surface area contributed by atoms with Gasteiger partial charge in [0.1, 0.15) is 6.04 Å². The van der Waals surface area contributed by atoms with Crippen molar-refractivity contribution in [3.63, 3.8) is 0 Å². The number of carbonyl (C=O) groups excluding carboxylic acids is 1. The van der Waals surface area contributed by atoms with Crippen LogP contribution in [-0.2, 0) is 18.9 Å². The lowest BCUT2D eigenvalue weighted by molar-refractivity contribution is -0.118. The summed E-state index contributed by atoms with van der Waals surface area (Å²) in [6.45, 7) is 3.62. The predicted molar refractivity (Wildman–Crippen MR) is 102 cm³/mol. The van der Waals surface area contributed by atoms with E-state index in [4.69, 9.17) is 0 Å². The molecule has 0 bridgehead atoms. The van der Waals surface area contributed by atoms with Gasteiger partial charge < -0.3 is 9.88 Å². The van der Waals surface area contributed by atoms with E-state index in [2.05, 4.69) is 26.2 Å². The fourth-order valence-electron chi connectivity index (χ4n) is 2.74. The number of hydrogen-bond donors (Lipinski definition) is 1. The van der Waals surface area contributed by atoms with Crippen molar-refractivity contribution in [2.45, 2.75) is 19.9 Å². The Hall–Kier alpha value is -2.68. The van der Waals surface area contributed by atoms with Gasteiger partial charge in [0.2, 0.25) is 5.91 Å². The van der Waals surface area contributed by atoms with Crippen LogP contribution in [0.3, 0.4) is 0 Å². The van der Waals surface area contributed by atoms with Crippen molar-refractivity contribution >= 4 is 38.7 Å². The van der Waals surface area contributed by atoms with E-state index >= 15 is 0 Å². The molecule has 0 radical (unpaired) electrons. The summed E-state index contributed by atoms with van der Waals surface area (Å²) in [7, 11) is 2.94. The first-order valence-electron chi connectivity index (χ1n) is 7.92. The molecule has 8 nitrogen and oxygen atoms in total. The van der Waals surface area contributed by atoms with Gasteiger partial charge in [-0.2, -0.15) is 0 Å². The maximum atomic E-state index is 12.7. The summed E-state index contributed by atoms with van der Waals surface area (Å²) in [5.41, 5.74) is 1.20. The number of carbonyl (C=O) groups is 1. The van der Waals surface area contributed by atoms with Crippen molar-refractivity contribution in [3.05, 3.63) is 55.4 Å². The number of amides is 1. The van der Waals surface area contributed by atoms with Crippen LogP contribution in [0.25, 0.3) is 11.2 Å². The summed E-state index contributed by atoms with van der Waals surface area (Å²) in [6, 6.07) is 4.90. The second-order valence-corrected chi connectivity index (χ2v) is 7.03. The molecule has 0 saturated carbocycles. The van der Waals surface area contributed by atoms with Crippen molar-refractivity contribution in [2.75, 3.05) is 5.32 Å². The first-order chi connectivity index (χ1) is 12.2. The molecular formula is C17H18BrN5O3. The van der Waals surface area contributed by atoms with Crippen LogP contribution in [0.1, 0.15) is 18.5 Å². The molecule has 3 aromatic rings. The Morgan fingerprint density at radius 2 is 1.92 bits per heavy atom. The van der Waals surface area contributed by atoms with Crippen LogP contribution in [-0.4, -0.2) is 24.6 Å². The molecule has 1 unspecified atom stereocenters. The molecule has 0 spiro atoms. The fraction of sp³-hybridized carbons (Fsp3) is 0.294. The summed E-state index contributed by atoms with van der Waals surface area (Å²) in [5.74, 6) is -0.301. The van der Waals surface area contributed by atoms with Gasteiger partial charge in [0.05, 0.1) is 12.0 Å². The Morgan fingerprint density at radius 3 is 2.58 bits per heavy atom. The number of hydrogen-bond acceptors (Lipinski definition) is 4. The highest BCUT2D eigenvalue weighted by molar-refractivity contribution is 9.10. The molecule has 0 saturated heterocycles. The Kier molecular flexibility index (Phi) is 4.57. The Morgan fingerprint density at radius 1 is 1.23 bits per heavy atom. The van der Waals surface area contributed by atoms with Gasteiger partial charge >= 0.3 is 5.69 Å². The molecule has 26 heavy (non-hydrogen) atoms. The lowest BCUT2D eigenvalue weighted by atomic mass is 10.2. The van der Waals surface area contributed by atoms with Gasteiger partial charge in [0, 0.05) is 18.6 Å². The van der Waals surface area contributed by atoms with E-state index in [1.807, 2.05) is 19.1 Å². The van der Waals surface area contributed by atoms with Crippen LogP contribution < -0.4 is 16.6 Å². The molecule has 136 valence electrons. The third-order valence-electron chi connectivity index (χ3n) is 4.35. The number of rotatable bonds is 3. The minimum Gasteiger partial charge on any atom is -0.323 e. The standard InChI is InChI=1S/C17H18BrN5O3/c1-9-5-6-12(11(18)7-9)20-15(24)10(2)23-8-19-14-13(23)16(25)22(4)17(26)21(14)3/h5-8,10H,1-4H3,(H,20,24). The second-order valence-electron chi connectivity index (χ2n) is 6.18. The van der Waals surface area contributed by atoms with E-state index in [1.54, 1.807) is 13.0 Å². The Bertz CT molecular complexity index is 1140. The molecule has 2 aromatic heterocycles. The normalized spacial score (nSPS) is 12.3. The highest BCUT2D eigenvalue weighted by atomic mass is 79.9. The van der Waals surface area contributed by atoms with E-state index < -0.39 is 17.3 Å². The minimum atomic E-state index is -0.696. The van der Waals surface area contributed by atoms with Crippen molar-refractivity contribution in [2.24, 2.45) is 14.1 Å². The molecule has 0 fully saturated rings. The van der Waals surface area contributed by atoms with Crippen molar-refractivity contribution < 1.29 is 4.79 Å². The first kappa shape index (κ1) is 18.1. The second kappa shape index (κ2) is 6.56. The maximum Gasteiger partial charge on any atom is 0.332 e. The van der Waals surface area contributed by atoms with E-state index in [0.717, 1.165) is 14.6 Å². The predicted octanol–water partition coefficient (Wildman–Crippen LogP) is 1.70. The largest absolute Gasteiger partial charge is 0.332 e. The average molecular weight is 420 g/mol. The zero-order valence-corrected chi connectivity index (χ0v) is 16.4. The number of halogens is 1. The minimum absolute atomic E-state index is 0.209. The molecule has 1 aromatic carbocycles. The van der Waals surface area contributed by atoms with Crippen molar-refractivity contribution in [3.8, 4) is 0 Å². The molecule has 0 aliphatic carbocycles. The van der Waals surface area contributed by atoms with E-state index in [9.17, 15) is 14.4 Å². The Labute approximate surface area is 157 Å². The molecular weight excluding hydrogens is 402 g/mol. The van der Waals surface area contributed by atoms with Crippen LogP contribution in [0, 0.1) is 6.92 Å². The van der Waals surface area contributed by atoms with Crippen LogP contribution in [0.4, 0.5) is 5.69 Å². The van der Waals surface area contributed by atoms with Crippen LogP contribution in [0.15, 0.2) is 38.6 Å². The maximum absolute atomic E-state index is 12.7. The molecule has 3 rings (SSSR count). The van der Waals surface area contributed by atoms with Gasteiger partial charge in [-0.1, -0.05) is 6.07 Å². The monoisotopic (exact) mass is 419 g/mol. The van der Waals surface area contributed by atoms with Gasteiger partial charge in [-0.15, -0.1) is 0 Å². The highest BCUT2D eigenvalue weighted by Crippen LogP contribution is 2.24. The fourth-order valence-corrected chi connectivity index (χ4v) is 3.34. The quantitative estimate of drug-likeness (QED) is 0.699. The number of fused-ring (bicyclic) bond motifs is 1.